The number of nitrogens with zero attached hydrogens (tertiary/aromatic N) is 2. The van der Waals surface area contributed by atoms with Crippen molar-refractivity contribution >= 4 is 17.2 Å². The first kappa shape index (κ1) is 10.8. The Labute approximate surface area is 95.4 Å². The van der Waals surface area contributed by atoms with Crippen molar-refractivity contribution in [1.82, 2.24) is 15.6 Å². The van der Waals surface area contributed by atoms with Gasteiger partial charge in [-0.3, -0.25) is 10.2 Å². The van der Waals surface area contributed by atoms with Crippen LogP contribution in [0.3, 0.4) is 0 Å². The first-order valence-corrected chi connectivity index (χ1v) is 5.41. The molecule has 0 unspecified atom stereocenters. The number of hydrogen-bond donors (Lipinski definition) is 2. The molecular formula is C9H10N4O2S. The molecule has 0 radical (unpaired) electrons. The standard InChI is InChI=1S/C9H10N4O2S/c1-4-7(6-3-16-5(2)11-6)8(13-15-4)9(14)12-10/h3H,10H2,1-2H3,(H,12,14). The lowest BCUT2D eigenvalue weighted by molar-refractivity contribution is 0.0945. The summed E-state index contributed by atoms with van der Waals surface area (Å²) in [6, 6.07) is 0. The molecule has 6 nitrogen and oxygen atoms in total. The number of nitrogens with two attached hydrogens (primary N) is 1. The van der Waals surface area contributed by atoms with E-state index in [0.717, 1.165) is 5.01 Å². The molecule has 1 amide bonds. The topological polar surface area (TPSA) is 94.0 Å². The molecule has 2 heterocycles. The Morgan fingerprint density at radius 2 is 2.31 bits per heavy atom. The number of carbonyl (C=O) groups is 1. The summed E-state index contributed by atoms with van der Waals surface area (Å²) in [5, 5.41) is 6.43. The summed E-state index contributed by atoms with van der Waals surface area (Å²) < 4.78 is 4.98. The predicted molar refractivity (Wildman–Crippen MR) is 58.7 cm³/mol. The molecule has 0 saturated heterocycles. The molecule has 2 aromatic heterocycles. The predicted octanol–water partition coefficient (Wildman–Crippen LogP) is 1.02. The molecule has 0 spiro atoms. The van der Waals surface area contributed by atoms with Gasteiger partial charge in [0.25, 0.3) is 5.91 Å². The van der Waals surface area contributed by atoms with Crippen LogP contribution in [0.1, 0.15) is 21.3 Å². The summed E-state index contributed by atoms with van der Waals surface area (Å²) in [6.45, 7) is 3.62. The van der Waals surface area contributed by atoms with Crippen LogP contribution in [0.2, 0.25) is 0 Å². The van der Waals surface area contributed by atoms with Gasteiger partial charge in [-0.25, -0.2) is 10.8 Å². The van der Waals surface area contributed by atoms with E-state index in [9.17, 15) is 4.79 Å². The monoisotopic (exact) mass is 238 g/mol. The number of aromatic nitrogens is 2. The Balaban J connectivity index is 2.55. The van der Waals surface area contributed by atoms with Gasteiger partial charge in [-0.2, -0.15) is 0 Å². The van der Waals surface area contributed by atoms with Gasteiger partial charge in [-0.1, -0.05) is 5.16 Å². The van der Waals surface area contributed by atoms with E-state index < -0.39 is 5.91 Å². The molecule has 3 N–H and O–H groups in total. The highest BCUT2D eigenvalue weighted by atomic mass is 32.1. The summed E-state index contributed by atoms with van der Waals surface area (Å²) in [7, 11) is 0. The maximum atomic E-state index is 11.4. The number of rotatable bonds is 2. The number of aryl methyl sites for hydroxylation is 2. The van der Waals surface area contributed by atoms with E-state index in [-0.39, 0.29) is 5.69 Å². The van der Waals surface area contributed by atoms with Gasteiger partial charge in [-0.05, 0) is 13.8 Å². The van der Waals surface area contributed by atoms with Crippen molar-refractivity contribution in [2.75, 3.05) is 0 Å². The van der Waals surface area contributed by atoms with Crippen molar-refractivity contribution < 1.29 is 9.32 Å². The Morgan fingerprint density at radius 3 is 2.88 bits per heavy atom. The van der Waals surface area contributed by atoms with Crippen LogP contribution in [0.25, 0.3) is 11.3 Å². The van der Waals surface area contributed by atoms with Gasteiger partial charge in [0, 0.05) is 5.38 Å². The van der Waals surface area contributed by atoms with Crippen molar-refractivity contribution in [2.24, 2.45) is 5.84 Å². The third kappa shape index (κ3) is 1.70. The normalized spacial score (nSPS) is 10.4. The zero-order valence-electron chi connectivity index (χ0n) is 8.77. The molecule has 0 aliphatic rings. The maximum absolute atomic E-state index is 11.4. The maximum Gasteiger partial charge on any atom is 0.288 e. The number of carbonyl (C=O) groups excluding carboxylic acids is 1. The second-order valence-corrected chi connectivity index (χ2v) is 4.25. The molecule has 0 aromatic carbocycles. The third-order valence-electron chi connectivity index (χ3n) is 2.08. The van der Waals surface area contributed by atoms with Gasteiger partial charge < -0.3 is 4.52 Å². The molecule has 0 saturated carbocycles. The minimum absolute atomic E-state index is 0.158. The molecule has 2 aromatic rings. The van der Waals surface area contributed by atoms with E-state index in [0.29, 0.717) is 17.0 Å². The van der Waals surface area contributed by atoms with E-state index in [1.807, 2.05) is 17.7 Å². The van der Waals surface area contributed by atoms with E-state index >= 15 is 0 Å². The number of hydrogen-bond acceptors (Lipinski definition) is 6. The van der Waals surface area contributed by atoms with Crippen LogP contribution in [-0.2, 0) is 0 Å². The van der Waals surface area contributed by atoms with Crippen LogP contribution in [0, 0.1) is 13.8 Å². The smallest absolute Gasteiger partial charge is 0.288 e. The van der Waals surface area contributed by atoms with Crippen molar-refractivity contribution in [3.63, 3.8) is 0 Å². The Bertz CT molecular complexity index is 531. The number of nitrogen functional groups attached to an aromatic ring is 1. The summed E-state index contributed by atoms with van der Waals surface area (Å²) in [4.78, 5) is 15.7. The Kier molecular flexibility index (Phi) is 2.71. The average molecular weight is 238 g/mol. The highest BCUT2D eigenvalue weighted by Gasteiger charge is 2.22. The highest BCUT2D eigenvalue weighted by Crippen LogP contribution is 2.28. The quantitative estimate of drug-likeness (QED) is 0.462. The third-order valence-corrected chi connectivity index (χ3v) is 2.86. The molecule has 0 aliphatic heterocycles. The van der Waals surface area contributed by atoms with Gasteiger partial charge in [0.2, 0.25) is 0 Å². The van der Waals surface area contributed by atoms with Gasteiger partial charge in [0.1, 0.15) is 5.76 Å². The number of hydrazine groups is 1. The zero-order valence-corrected chi connectivity index (χ0v) is 9.59. The largest absolute Gasteiger partial charge is 0.360 e. The Morgan fingerprint density at radius 1 is 1.56 bits per heavy atom. The minimum atomic E-state index is -0.488. The molecule has 0 bridgehead atoms. The second kappa shape index (κ2) is 4.03. The molecule has 0 aliphatic carbocycles. The zero-order chi connectivity index (χ0) is 11.7. The van der Waals surface area contributed by atoms with E-state index in [1.54, 1.807) is 6.92 Å². The highest BCUT2D eigenvalue weighted by molar-refractivity contribution is 7.09. The fourth-order valence-electron chi connectivity index (χ4n) is 1.38. The molecule has 84 valence electrons. The van der Waals surface area contributed by atoms with Crippen LogP contribution in [-0.4, -0.2) is 16.0 Å². The van der Waals surface area contributed by atoms with Crippen LogP contribution in [0.15, 0.2) is 9.90 Å². The molecule has 2 rings (SSSR count). The molecular weight excluding hydrogens is 228 g/mol. The van der Waals surface area contributed by atoms with E-state index in [1.165, 1.54) is 11.3 Å². The van der Waals surface area contributed by atoms with Crippen molar-refractivity contribution in [3.05, 3.63) is 21.8 Å². The lowest BCUT2D eigenvalue weighted by Gasteiger charge is -1.97. The first-order valence-electron chi connectivity index (χ1n) is 4.53. The minimum Gasteiger partial charge on any atom is -0.360 e. The second-order valence-electron chi connectivity index (χ2n) is 3.19. The summed E-state index contributed by atoms with van der Waals surface area (Å²) >= 11 is 1.50. The number of thiazole rings is 1. The van der Waals surface area contributed by atoms with Gasteiger partial charge >= 0.3 is 0 Å². The molecule has 0 fully saturated rings. The molecule has 7 heteroatoms. The van der Waals surface area contributed by atoms with Crippen molar-refractivity contribution in [2.45, 2.75) is 13.8 Å². The lowest BCUT2D eigenvalue weighted by Crippen LogP contribution is -2.30. The van der Waals surface area contributed by atoms with Crippen LogP contribution >= 0.6 is 11.3 Å². The fraction of sp³-hybridized carbons (Fsp3) is 0.222. The van der Waals surface area contributed by atoms with E-state index in [2.05, 4.69) is 10.1 Å². The van der Waals surface area contributed by atoms with Gasteiger partial charge in [-0.15, -0.1) is 11.3 Å². The molecule has 16 heavy (non-hydrogen) atoms. The summed E-state index contributed by atoms with van der Waals surface area (Å²) in [6.07, 6.45) is 0. The fourth-order valence-corrected chi connectivity index (χ4v) is 1.98. The first-order chi connectivity index (χ1) is 7.63. The summed E-state index contributed by atoms with van der Waals surface area (Å²) in [5.41, 5.74) is 3.45. The van der Waals surface area contributed by atoms with Crippen LogP contribution < -0.4 is 11.3 Å². The van der Waals surface area contributed by atoms with Gasteiger partial charge in [0.15, 0.2) is 5.69 Å². The van der Waals surface area contributed by atoms with E-state index in [4.69, 9.17) is 10.4 Å². The Hall–Kier alpha value is -1.73. The number of amides is 1. The average Bonchev–Trinajstić information content (AvgIpc) is 2.83. The number of nitrogens with one attached hydrogen (secondary N) is 1. The summed E-state index contributed by atoms with van der Waals surface area (Å²) in [5.74, 6) is 5.12. The van der Waals surface area contributed by atoms with Crippen molar-refractivity contribution in [3.8, 4) is 11.3 Å². The van der Waals surface area contributed by atoms with Crippen molar-refractivity contribution in [1.29, 1.82) is 0 Å². The van der Waals surface area contributed by atoms with Crippen LogP contribution in [0.5, 0.6) is 0 Å². The SMILES string of the molecule is Cc1nc(-c2c(C(=O)NN)noc2C)cs1. The van der Waals surface area contributed by atoms with Gasteiger partial charge in [0.05, 0.1) is 16.3 Å². The lowest BCUT2D eigenvalue weighted by atomic mass is 10.1. The molecule has 0 atom stereocenters. The van der Waals surface area contributed by atoms with Crippen LogP contribution in [0.4, 0.5) is 0 Å².